The van der Waals surface area contributed by atoms with Crippen molar-refractivity contribution in [2.45, 2.75) is 0 Å². The Morgan fingerprint density at radius 3 is 2.62 bits per heavy atom. The summed E-state index contributed by atoms with van der Waals surface area (Å²) in [7, 11) is 1.79. The van der Waals surface area contributed by atoms with E-state index in [4.69, 9.17) is 10.00 Å². The molecule has 102 valence electrons. The average molecular weight is 275 g/mol. The second-order valence-electron chi connectivity index (χ2n) is 4.48. The van der Waals surface area contributed by atoms with Gasteiger partial charge in [-0.25, -0.2) is 0 Å². The predicted molar refractivity (Wildman–Crippen MR) is 82.5 cm³/mol. The summed E-state index contributed by atoms with van der Waals surface area (Å²) >= 11 is 0. The lowest BCUT2D eigenvalue weighted by atomic mass is 10.1. The van der Waals surface area contributed by atoms with Gasteiger partial charge in [0.2, 0.25) is 0 Å². The van der Waals surface area contributed by atoms with E-state index < -0.39 is 0 Å². The minimum atomic E-state index is 0.516. The molecule has 0 aliphatic carbocycles. The topological polar surface area (TPSA) is 57.9 Å². The molecule has 1 heterocycles. The van der Waals surface area contributed by atoms with Crippen LogP contribution in [0.4, 0.5) is 5.69 Å². The molecular weight excluding hydrogens is 262 g/mol. The van der Waals surface area contributed by atoms with E-state index >= 15 is 0 Å². The van der Waals surface area contributed by atoms with E-state index in [-0.39, 0.29) is 0 Å². The van der Waals surface area contributed by atoms with Crippen LogP contribution in [0.2, 0.25) is 0 Å². The molecule has 0 saturated carbocycles. The summed E-state index contributed by atoms with van der Waals surface area (Å²) in [5, 5.41) is 13.1. The number of benzene rings is 2. The van der Waals surface area contributed by atoms with Crippen LogP contribution < -0.4 is 10.1 Å². The van der Waals surface area contributed by atoms with Crippen LogP contribution in [0.15, 0.2) is 54.7 Å². The lowest BCUT2D eigenvalue weighted by molar-refractivity contribution is 0.487. The Bertz CT molecular complexity index is 823. The third kappa shape index (κ3) is 2.37. The van der Waals surface area contributed by atoms with Gasteiger partial charge in [0, 0.05) is 18.6 Å². The number of nitriles is 1. The number of aromatic nitrogens is 1. The maximum atomic E-state index is 9.15. The van der Waals surface area contributed by atoms with Gasteiger partial charge in [0.1, 0.15) is 17.3 Å². The summed E-state index contributed by atoms with van der Waals surface area (Å²) in [6.07, 6.45) is 1.56. The molecule has 0 radical (unpaired) electrons. The van der Waals surface area contributed by atoms with Crippen LogP contribution in [0.5, 0.6) is 11.5 Å². The van der Waals surface area contributed by atoms with E-state index in [1.807, 2.05) is 48.5 Å². The smallest absolute Gasteiger partial charge is 0.153 e. The summed E-state index contributed by atoms with van der Waals surface area (Å²) < 4.78 is 5.89. The fourth-order valence-electron chi connectivity index (χ4n) is 2.25. The van der Waals surface area contributed by atoms with Gasteiger partial charge >= 0.3 is 0 Å². The Hall–Kier alpha value is -3.06. The van der Waals surface area contributed by atoms with Crippen molar-refractivity contribution in [3.63, 3.8) is 0 Å². The van der Waals surface area contributed by atoms with Crippen molar-refractivity contribution in [2.75, 3.05) is 12.4 Å². The molecule has 0 unspecified atom stereocenters. The first-order chi connectivity index (χ1) is 10.3. The monoisotopic (exact) mass is 275 g/mol. The molecule has 0 bridgehead atoms. The molecule has 2 aromatic carbocycles. The molecule has 3 rings (SSSR count). The number of nitrogens with zero attached hydrogens (tertiary/aromatic N) is 2. The number of anilines is 1. The fraction of sp³-hybridized carbons (Fsp3) is 0.0588. The fourth-order valence-corrected chi connectivity index (χ4v) is 2.25. The van der Waals surface area contributed by atoms with Crippen molar-refractivity contribution in [3.8, 4) is 17.6 Å². The zero-order valence-electron chi connectivity index (χ0n) is 11.5. The minimum Gasteiger partial charge on any atom is -0.455 e. The molecule has 0 fully saturated rings. The van der Waals surface area contributed by atoms with Gasteiger partial charge in [-0.05, 0) is 18.2 Å². The largest absolute Gasteiger partial charge is 0.455 e. The Balaban J connectivity index is 2.15. The van der Waals surface area contributed by atoms with Gasteiger partial charge < -0.3 is 10.1 Å². The van der Waals surface area contributed by atoms with Gasteiger partial charge in [-0.15, -0.1) is 0 Å². The predicted octanol–water partition coefficient (Wildman–Crippen LogP) is 3.94. The maximum Gasteiger partial charge on any atom is 0.153 e. The number of hydrogen-bond donors (Lipinski definition) is 1. The molecule has 3 aromatic rings. The molecule has 4 nitrogen and oxygen atoms in total. The van der Waals surface area contributed by atoms with Crippen molar-refractivity contribution in [1.82, 2.24) is 4.98 Å². The highest BCUT2D eigenvalue weighted by Crippen LogP contribution is 2.33. The second-order valence-corrected chi connectivity index (χ2v) is 4.48. The van der Waals surface area contributed by atoms with Gasteiger partial charge in [0.15, 0.2) is 5.75 Å². The number of fused-ring (bicyclic) bond motifs is 1. The third-order valence-corrected chi connectivity index (χ3v) is 3.20. The molecule has 0 aliphatic heterocycles. The van der Waals surface area contributed by atoms with E-state index in [0.29, 0.717) is 11.3 Å². The summed E-state index contributed by atoms with van der Waals surface area (Å²) in [6, 6.07) is 17.4. The van der Waals surface area contributed by atoms with Crippen LogP contribution in [0, 0.1) is 11.3 Å². The SMILES string of the molecule is CNc1c(C#N)cnc2c(Oc3ccccc3)cccc12. The highest BCUT2D eigenvalue weighted by atomic mass is 16.5. The number of hydrogen-bond acceptors (Lipinski definition) is 4. The maximum absolute atomic E-state index is 9.15. The van der Waals surface area contributed by atoms with Crippen LogP contribution in [0.3, 0.4) is 0 Å². The van der Waals surface area contributed by atoms with E-state index in [2.05, 4.69) is 16.4 Å². The standard InChI is InChI=1S/C17H13N3O/c1-19-16-12(10-18)11-20-17-14(16)8-5-9-15(17)21-13-6-3-2-4-7-13/h2-9,11H,1H3,(H,19,20). The molecular formula is C17H13N3O. The zero-order chi connectivity index (χ0) is 14.7. The molecule has 0 amide bonds. The number of nitrogens with one attached hydrogen (secondary N) is 1. The quantitative estimate of drug-likeness (QED) is 0.786. The van der Waals surface area contributed by atoms with E-state index in [1.54, 1.807) is 13.2 Å². The lowest BCUT2D eigenvalue weighted by Gasteiger charge is -2.11. The van der Waals surface area contributed by atoms with Gasteiger partial charge in [-0.1, -0.05) is 30.3 Å². The van der Waals surface area contributed by atoms with Gasteiger partial charge in [0.25, 0.3) is 0 Å². The van der Waals surface area contributed by atoms with Crippen LogP contribution >= 0.6 is 0 Å². The molecule has 0 aliphatic rings. The number of para-hydroxylation sites is 2. The Morgan fingerprint density at radius 1 is 1.10 bits per heavy atom. The number of pyridine rings is 1. The summed E-state index contributed by atoms with van der Waals surface area (Å²) in [6.45, 7) is 0. The number of ether oxygens (including phenoxy) is 1. The molecule has 4 heteroatoms. The summed E-state index contributed by atoms with van der Waals surface area (Å²) in [5.74, 6) is 1.42. The highest BCUT2D eigenvalue weighted by molar-refractivity contribution is 5.97. The molecule has 21 heavy (non-hydrogen) atoms. The van der Waals surface area contributed by atoms with Crippen LogP contribution in [0.1, 0.15) is 5.56 Å². The first-order valence-corrected chi connectivity index (χ1v) is 6.56. The number of rotatable bonds is 3. The molecule has 0 atom stereocenters. The highest BCUT2D eigenvalue weighted by Gasteiger charge is 2.11. The van der Waals surface area contributed by atoms with Gasteiger partial charge in [0.05, 0.1) is 11.3 Å². The van der Waals surface area contributed by atoms with Crippen molar-refractivity contribution < 1.29 is 4.74 Å². The van der Waals surface area contributed by atoms with Gasteiger partial charge in [-0.3, -0.25) is 4.98 Å². The summed E-state index contributed by atoms with van der Waals surface area (Å²) in [4.78, 5) is 4.37. The molecule has 0 spiro atoms. The van der Waals surface area contributed by atoms with E-state index in [1.165, 1.54) is 0 Å². The second kappa shape index (κ2) is 5.51. The van der Waals surface area contributed by atoms with E-state index in [9.17, 15) is 0 Å². The Labute approximate surface area is 122 Å². The van der Waals surface area contributed by atoms with Crippen LogP contribution in [0.25, 0.3) is 10.9 Å². The Kier molecular flexibility index (Phi) is 3.40. The first kappa shape index (κ1) is 12.9. The molecule has 1 aromatic heterocycles. The van der Waals surface area contributed by atoms with Crippen molar-refractivity contribution in [2.24, 2.45) is 0 Å². The van der Waals surface area contributed by atoms with E-state index in [0.717, 1.165) is 22.3 Å². The first-order valence-electron chi connectivity index (χ1n) is 6.56. The normalized spacial score (nSPS) is 10.1. The third-order valence-electron chi connectivity index (χ3n) is 3.20. The molecule has 1 N–H and O–H groups in total. The van der Waals surface area contributed by atoms with Crippen LogP contribution in [-0.4, -0.2) is 12.0 Å². The average Bonchev–Trinajstić information content (AvgIpc) is 2.55. The zero-order valence-corrected chi connectivity index (χ0v) is 11.5. The summed E-state index contributed by atoms with van der Waals surface area (Å²) in [5.41, 5.74) is 2.01. The minimum absolute atomic E-state index is 0.516. The molecule has 0 saturated heterocycles. The van der Waals surface area contributed by atoms with Crippen molar-refractivity contribution in [1.29, 1.82) is 5.26 Å². The lowest BCUT2D eigenvalue weighted by Crippen LogP contribution is -1.97. The van der Waals surface area contributed by atoms with Crippen LogP contribution in [-0.2, 0) is 0 Å². The van der Waals surface area contributed by atoms with Gasteiger partial charge in [-0.2, -0.15) is 5.26 Å². The van der Waals surface area contributed by atoms with Crippen molar-refractivity contribution >= 4 is 16.6 Å². The Morgan fingerprint density at radius 2 is 1.90 bits per heavy atom. The van der Waals surface area contributed by atoms with Crippen molar-refractivity contribution in [3.05, 3.63) is 60.3 Å².